The van der Waals surface area contributed by atoms with E-state index in [4.69, 9.17) is 9.47 Å². The first kappa shape index (κ1) is 18.8. The van der Waals surface area contributed by atoms with Crippen LogP contribution in [0.15, 0.2) is 0 Å². The lowest BCUT2D eigenvalue weighted by atomic mass is 10.1. The zero-order valence-corrected chi connectivity index (χ0v) is 15.8. The molecular weight excluding hydrogens is 334 g/mol. The third kappa shape index (κ3) is 6.55. The number of likely N-dealkylation sites (N-methyl/N-ethyl adjacent to an activating group) is 1. The Kier molecular flexibility index (Phi) is 6.54. The summed E-state index contributed by atoms with van der Waals surface area (Å²) in [5.41, 5.74) is -0.869. The van der Waals surface area contributed by atoms with Crippen molar-refractivity contribution in [1.82, 2.24) is 4.90 Å². The maximum atomic E-state index is 12.2. The highest BCUT2D eigenvalue weighted by atomic mass is 79.9. The number of hydrogen-bond acceptors (Lipinski definition) is 3. The van der Waals surface area contributed by atoms with Crippen molar-refractivity contribution in [3.05, 3.63) is 0 Å². The highest BCUT2D eigenvalue weighted by Crippen LogP contribution is 2.36. The van der Waals surface area contributed by atoms with E-state index < -0.39 is 11.2 Å². The average molecular weight is 364 g/mol. The van der Waals surface area contributed by atoms with Gasteiger partial charge in [-0.2, -0.15) is 0 Å². The Morgan fingerprint density at radius 3 is 2.29 bits per heavy atom. The van der Waals surface area contributed by atoms with Crippen LogP contribution in [-0.4, -0.2) is 46.7 Å². The molecule has 0 N–H and O–H groups in total. The molecule has 0 aliphatic heterocycles. The molecule has 0 aromatic rings. The molecule has 1 aliphatic rings. The van der Waals surface area contributed by atoms with Gasteiger partial charge in [0.1, 0.15) is 5.60 Å². The molecule has 2 unspecified atom stereocenters. The van der Waals surface area contributed by atoms with Gasteiger partial charge in [-0.05, 0) is 60.3 Å². The van der Waals surface area contributed by atoms with E-state index in [0.717, 1.165) is 0 Å². The van der Waals surface area contributed by atoms with Crippen LogP contribution in [0.25, 0.3) is 0 Å². The molecule has 1 amide bonds. The lowest BCUT2D eigenvalue weighted by molar-refractivity contribution is -0.0843. The van der Waals surface area contributed by atoms with Crippen molar-refractivity contribution >= 4 is 22.0 Å². The van der Waals surface area contributed by atoms with Crippen molar-refractivity contribution in [2.45, 2.75) is 71.7 Å². The number of alkyl halides is 1. The van der Waals surface area contributed by atoms with Crippen LogP contribution in [0.5, 0.6) is 0 Å². The number of carbonyl (C=O) groups excluding carboxylic acids is 1. The molecule has 5 heteroatoms. The van der Waals surface area contributed by atoms with E-state index in [1.165, 1.54) is 12.8 Å². The molecular formula is C16H30BrNO3. The minimum Gasteiger partial charge on any atom is -0.444 e. The second-order valence-electron chi connectivity index (χ2n) is 7.24. The van der Waals surface area contributed by atoms with Crippen LogP contribution in [0.1, 0.15) is 54.4 Å². The molecule has 0 spiro atoms. The summed E-state index contributed by atoms with van der Waals surface area (Å²) in [6.45, 7) is 12.9. The Morgan fingerprint density at radius 2 is 1.90 bits per heavy atom. The normalized spacial score (nSPS) is 19.8. The van der Waals surface area contributed by atoms with Crippen LogP contribution in [0.4, 0.5) is 4.79 Å². The van der Waals surface area contributed by atoms with Gasteiger partial charge in [0, 0.05) is 11.9 Å². The summed E-state index contributed by atoms with van der Waals surface area (Å²) in [7, 11) is 0. The predicted molar refractivity (Wildman–Crippen MR) is 89.0 cm³/mol. The summed E-state index contributed by atoms with van der Waals surface area (Å²) in [5.74, 6) is 0.681. The Balaban J connectivity index is 2.64. The molecule has 1 fully saturated rings. The van der Waals surface area contributed by atoms with Gasteiger partial charge >= 0.3 is 6.09 Å². The Hall–Kier alpha value is -0.290. The third-order valence-electron chi connectivity index (χ3n) is 3.60. The fourth-order valence-electron chi connectivity index (χ4n) is 2.26. The fourth-order valence-corrected chi connectivity index (χ4v) is 2.57. The summed E-state index contributed by atoms with van der Waals surface area (Å²) < 4.78 is 11.7. The molecule has 0 bridgehead atoms. The van der Waals surface area contributed by atoms with E-state index in [1.807, 2.05) is 34.6 Å². The van der Waals surface area contributed by atoms with Crippen molar-refractivity contribution in [3.8, 4) is 0 Å². The molecule has 1 rings (SSSR count). The zero-order chi connectivity index (χ0) is 16.3. The molecule has 21 heavy (non-hydrogen) atoms. The largest absolute Gasteiger partial charge is 0.444 e. The van der Waals surface area contributed by atoms with Gasteiger partial charge in [0.05, 0.1) is 18.2 Å². The number of halogens is 1. The van der Waals surface area contributed by atoms with E-state index in [9.17, 15) is 4.79 Å². The number of rotatable bonds is 7. The summed E-state index contributed by atoms with van der Waals surface area (Å²) in [6.07, 6.45) is 2.47. The second-order valence-corrected chi connectivity index (χ2v) is 7.80. The minimum atomic E-state index is -0.475. The second kappa shape index (κ2) is 7.32. The first-order valence-electron chi connectivity index (χ1n) is 7.82. The summed E-state index contributed by atoms with van der Waals surface area (Å²) >= 11 is 3.53. The molecule has 0 aromatic heterocycles. The molecule has 2 atom stereocenters. The van der Waals surface area contributed by atoms with E-state index in [0.29, 0.717) is 24.3 Å². The van der Waals surface area contributed by atoms with Gasteiger partial charge in [0.15, 0.2) is 0 Å². The molecule has 0 aromatic carbocycles. The lowest BCUT2D eigenvalue weighted by Gasteiger charge is -2.36. The van der Waals surface area contributed by atoms with Crippen LogP contribution >= 0.6 is 15.9 Å². The fraction of sp³-hybridized carbons (Fsp3) is 0.938. The van der Waals surface area contributed by atoms with Gasteiger partial charge in [0.25, 0.3) is 0 Å². The van der Waals surface area contributed by atoms with E-state index in [1.54, 1.807) is 4.90 Å². The van der Waals surface area contributed by atoms with E-state index >= 15 is 0 Å². The predicted octanol–water partition coefficient (Wildman–Crippen LogP) is 4.21. The van der Waals surface area contributed by atoms with Crippen LogP contribution in [0, 0.1) is 5.92 Å². The number of nitrogens with zero attached hydrogens (tertiary/aromatic N) is 1. The zero-order valence-electron chi connectivity index (χ0n) is 14.2. The smallest absolute Gasteiger partial charge is 0.410 e. The number of hydrogen-bond donors (Lipinski definition) is 0. The van der Waals surface area contributed by atoms with Crippen molar-refractivity contribution < 1.29 is 14.3 Å². The SMILES string of the molecule is CCN(CC(C)(CBr)OC(C)C1CC1)C(=O)OC(C)(C)C. The monoisotopic (exact) mass is 363 g/mol. The quantitative estimate of drug-likeness (QED) is 0.635. The first-order chi connectivity index (χ1) is 9.60. The summed E-state index contributed by atoms with van der Waals surface area (Å²) in [4.78, 5) is 14.0. The molecule has 0 heterocycles. The van der Waals surface area contributed by atoms with Gasteiger partial charge in [-0.25, -0.2) is 4.79 Å². The van der Waals surface area contributed by atoms with Gasteiger partial charge < -0.3 is 14.4 Å². The van der Waals surface area contributed by atoms with Crippen molar-refractivity contribution in [1.29, 1.82) is 0 Å². The van der Waals surface area contributed by atoms with Crippen LogP contribution in [-0.2, 0) is 9.47 Å². The number of carbonyl (C=O) groups is 1. The van der Waals surface area contributed by atoms with E-state index in [-0.39, 0.29) is 12.2 Å². The number of ether oxygens (including phenoxy) is 2. The first-order valence-corrected chi connectivity index (χ1v) is 8.94. The van der Waals surface area contributed by atoms with Gasteiger partial charge in [-0.3, -0.25) is 0 Å². The van der Waals surface area contributed by atoms with Crippen LogP contribution in [0.2, 0.25) is 0 Å². The van der Waals surface area contributed by atoms with Crippen molar-refractivity contribution in [3.63, 3.8) is 0 Å². The van der Waals surface area contributed by atoms with Crippen LogP contribution in [0.3, 0.4) is 0 Å². The Morgan fingerprint density at radius 1 is 1.33 bits per heavy atom. The van der Waals surface area contributed by atoms with Gasteiger partial charge in [0.2, 0.25) is 0 Å². The summed E-state index contributed by atoms with van der Waals surface area (Å²) in [5, 5.41) is 0.691. The third-order valence-corrected chi connectivity index (χ3v) is 4.78. The minimum absolute atomic E-state index is 0.241. The molecule has 124 valence electrons. The lowest BCUT2D eigenvalue weighted by Crippen LogP contribution is -2.49. The Labute approximate surface area is 137 Å². The molecule has 0 saturated heterocycles. The Bertz CT molecular complexity index is 352. The van der Waals surface area contributed by atoms with Crippen molar-refractivity contribution in [2.75, 3.05) is 18.4 Å². The highest BCUT2D eigenvalue weighted by molar-refractivity contribution is 9.09. The van der Waals surface area contributed by atoms with Gasteiger partial charge in [-0.15, -0.1) is 0 Å². The molecule has 1 saturated carbocycles. The number of amides is 1. The molecule has 0 radical (unpaired) electrons. The molecule has 1 aliphatic carbocycles. The summed E-state index contributed by atoms with van der Waals surface area (Å²) in [6, 6.07) is 0. The van der Waals surface area contributed by atoms with Gasteiger partial charge in [-0.1, -0.05) is 15.9 Å². The highest BCUT2D eigenvalue weighted by Gasteiger charge is 2.37. The van der Waals surface area contributed by atoms with Crippen molar-refractivity contribution in [2.24, 2.45) is 5.92 Å². The topological polar surface area (TPSA) is 38.8 Å². The standard InChI is InChI=1S/C16H30BrNO3/c1-7-18(14(19)21-15(3,4)5)11-16(6,10-17)20-12(2)13-8-9-13/h12-13H,7-11H2,1-6H3. The van der Waals surface area contributed by atoms with Crippen LogP contribution < -0.4 is 0 Å². The van der Waals surface area contributed by atoms with E-state index in [2.05, 4.69) is 22.9 Å². The average Bonchev–Trinajstić information content (AvgIpc) is 3.17. The molecule has 4 nitrogen and oxygen atoms in total. The maximum Gasteiger partial charge on any atom is 0.410 e. The maximum absolute atomic E-state index is 12.2.